The third-order valence-corrected chi connectivity index (χ3v) is 3.95. The molecule has 3 aromatic rings. The molecule has 7 heteroatoms. The second kappa shape index (κ2) is 8.04. The molecule has 6 nitrogen and oxygen atoms in total. The molecular weight excluding hydrogens is 323 g/mol. The van der Waals surface area contributed by atoms with Crippen molar-refractivity contribution in [3.63, 3.8) is 0 Å². The van der Waals surface area contributed by atoms with Gasteiger partial charge in [-0.2, -0.15) is 0 Å². The molecule has 0 saturated heterocycles. The molecule has 0 radical (unpaired) electrons. The molecule has 0 amide bonds. The zero-order valence-corrected chi connectivity index (χ0v) is 14.3. The number of hydrogen-bond donors (Lipinski definition) is 1. The molecule has 0 spiro atoms. The SMILES string of the molecule is COCCN(CCOC)c1ccc(-c2nc3ncccc3[nH]2)cc1F. The second-order valence-corrected chi connectivity index (χ2v) is 5.60. The summed E-state index contributed by atoms with van der Waals surface area (Å²) in [5, 5.41) is 0. The molecule has 0 unspecified atom stereocenters. The van der Waals surface area contributed by atoms with Crippen molar-refractivity contribution in [3.05, 3.63) is 42.3 Å². The number of H-pyrrole nitrogens is 1. The summed E-state index contributed by atoms with van der Waals surface area (Å²) in [5.74, 6) is 0.289. The summed E-state index contributed by atoms with van der Waals surface area (Å²) in [6.07, 6.45) is 1.68. The fourth-order valence-corrected chi connectivity index (χ4v) is 2.65. The Hall–Kier alpha value is -2.51. The van der Waals surface area contributed by atoms with E-state index in [2.05, 4.69) is 15.0 Å². The normalized spacial score (nSPS) is 11.2. The Balaban J connectivity index is 1.88. The molecule has 2 heterocycles. The van der Waals surface area contributed by atoms with Crippen molar-refractivity contribution in [3.8, 4) is 11.4 Å². The van der Waals surface area contributed by atoms with E-state index in [1.165, 1.54) is 6.07 Å². The smallest absolute Gasteiger partial charge is 0.178 e. The number of halogens is 1. The molecule has 0 bridgehead atoms. The van der Waals surface area contributed by atoms with E-state index in [0.717, 1.165) is 5.52 Å². The third kappa shape index (κ3) is 3.94. The Kier molecular flexibility index (Phi) is 5.57. The predicted molar refractivity (Wildman–Crippen MR) is 95.2 cm³/mol. The van der Waals surface area contributed by atoms with Crippen LogP contribution in [-0.4, -0.2) is 55.5 Å². The number of benzene rings is 1. The van der Waals surface area contributed by atoms with Gasteiger partial charge in [0, 0.05) is 39.1 Å². The summed E-state index contributed by atoms with van der Waals surface area (Å²) in [6.45, 7) is 2.20. The number of hydrogen-bond acceptors (Lipinski definition) is 5. The van der Waals surface area contributed by atoms with E-state index in [4.69, 9.17) is 9.47 Å². The molecule has 1 aromatic carbocycles. The summed E-state index contributed by atoms with van der Waals surface area (Å²) >= 11 is 0. The minimum atomic E-state index is -0.307. The van der Waals surface area contributed by atoms with Gasteiger partial charge in [0.1, 0.15) is 11.6 Å². The first-order valence-corrected chi connectivity index (χ1v) is 8.06. The number of aromatic amines is 1. The van der Waals surface area contributed by atoms with Crippen molar-refractivity contribution in [2.45, 2.75) is 0 Å². The van der Waals surface area contributed by atoms with Gasteiger partial charge in [-0.1, -0.05) is 0 Å². The zero-order valence-electron chi connectivity index (χ0n) is 14.3. The van der Waals surface area contributed by atoms with Gasteiger partial charge in [0.2, 0.25) is 0 Å². The van der Waals surface area contributed by atoms with E-state index < -0.39 is 0 Å². The second-order valence-electron chi connectivity index (χ2n) is 5.60. The average molecular weight is 344 g/mol. The lowest BCUT2D eigenvalue weighted by atomic mass is 10.1. The van der Waals surface area contributed by atoms with Gasteiger partial charge in [-0.25, -0.2) is 14.4 Å². The molecule has 0 aliphatic heterocycles. The van der Waals surface area contributed by atoms with E-state index in [0.29, 0.717) is 49.0 Å². The van der Waals surface area contributed by atoms with Crippen LogP contribution in [0, 0.1) is 5.82 Å². The highest BCUT2D eigenvalue weighted by Gasteiger charge is 2.14. The van der Waals surface area contributed by atoms with Crippen molar-refractivity contribution >= 4 is 16.9 Å². The summed E-state index contributed by atoms with van der Waals surface area (Å²) in [5.41, 5.74) is 2.64. The standard InChI is InChI=1S/C18H21FN4O2/c1-24-10-8-23(9-11-25-2)16-6-5-13(12-14(16)19)17-21-15-4-3-7-20-18(15)22-17/h3-7,12H,8-11H2,1-2H3,(H,20,21,22). The fourth-order valence-electron chi connectivity index (χ4n) is 2.65. The minimum absolute atomic E-state index is 0.307. The molecule has 132 valence electrons. The molecule has 1 N–H and O–H groups in total. The quantitative estimate of drug-likeness (QED) is 0.681. The number of methoxy groups -OCH3 is 2. The monoisotopic (exact) mass is 344 g/mol. The summed E-state index contributed by atoms with van der Waals surface area (Å²) in [4.78, 5) is 13.7. The average Bonchev–Trinajstić information content (AvgIpc) is 3.06. The zero-order chi connectivity index (χ0) is 17.6. The first-order chi connectivity index (χ1) is 12.2. The van der Waals surface area contributed by atoms with Crippen LogP contribution >= 0.6 is 0 Å². The molecule has 25 heavy (non-hydrogen) atoms. The lowest BCUT2D eigenvalue weighted by Gasteiger charge is -2.24. The Morgan fingerprint density at radius 3 is 2.52 bits per heavy atom. The predicted octanol–water partition coefficient (Wildman–Crippen LogP) is 2.86. The molecule has 0 saturated carbocycles. The van der Waals surface area contributed by atoms with Gasteiger partial charge in [-0.15, -0.1) is 0 Å². The van der Waals surface area contributed by atoms with Crippen LogP contribution in [0.15, 0.2) is 36.5 Å². The van der Waals surface area contributed by atoms with Crippen molar-refractivity contribution in [2.75, 3.05) is 45.4 Å². The Labute approximate surface area is 145 Å². The molecule has 0 atom stereocenters. The van der Waals surface area contributed by atoms with Crippen molar-refractivity contribution in [1.82, 2.24) is 15.0 Å². The van der Waals surface area contributed by atoms with E-state index in [1.807, 2.05) is 23.1 Å². The van der Waals surface area contributed by atoms with Gasteiger partial charge in [-0.3, -0.25) is 0 Å². The van der Waals surface area contributed by atoms with Crippen molar-refractivity contribution < 1.29 is 13.9 Å². The maximum atomic E-state index is 14.7. The molecule has 0 aliphatic rings. The summed E-state index contributed by atoms with van der Waals surface area (Å²) < 4.78 is 24.9. The molecule has 2 aromatic heterocycles. The highest BCUT2D eigenvalue weighted by Crippen LogP contribution is 2.26. The van der Waals surface area contributed by atoms with Gasteiger partial charge in [0.25, 0.3) is 0 Å². The Morgan fingerprint density at radius 2 is 1.88 bits per heavy atom. The molecular formula is C18H21FN4O2. The van der Waals surface area contributed by atoms with Crippen LogP contribution in [0.1, 0.15) is 0 Å². The number of pyridine rings is 1. The van der Waals surface area contributed by atoms with Gasteiger partial charge >= 0.3 is 0 Å². The Morgan fingerprint density at radius 1 is 1.12 bits per heavy atom. The number of ether oxygens (including phenoxy) is 2. The van der Waals surface area contributed by atoms with Gasteiger partial charge in [0.15, 0.2) is 5.65 Å². The van der Waals surface area contributed by atoms with Gasteiger partial charge < -0.3 is 19.4 Å². The number of anilines is 1. The van der Waals surface area contributed by atoms with Gasteiger partial charge in [-0.05, 0) is 30.3 Å². The van der Waals surface area contributed by atoms with Crippen LogP contribution in [0.3, 0.4) is 0 Å². The van der Waals surface area contributed by atoms with Crippen LogP contribution < -0.4 is 4.90 Å². The number of imidazole rings is 1. The maximum absolute atomic E-state index is 14.7. The number of aromatic nitrogens is 3. The van der Waals surface area contributed by atoms with Crippen LogP contribution in [0.5, 0.6) is 0 Å². The largest absolute Gasteiger partial charge is 0.383 e. The lowest BCUT2D eigenvalue weighted by molar-refractivity contribution is 0.190. The first-order valence-electron chi connectivity index (χ1n) is 8.06. The first kappa shape index (κ1) is 17.3. The van der Waals surface area contributed by atoms with E-state index >= 15 is 0 Å². The highest BCUT2D eigenvalue weighted by atomic mass is 19.1. The molecule has 0 fully saturated rings. The highest BCUT2D eigenvalue weighted by molar-refractivity contribution is 5.76. The summed E-state index contributed by atoms with van der Waals surface area (Å²) in [7, 11) is 3.26. The van der Waals surface area contributed by atoms with Crippen molar-refractivity contribution in [1.29, 1.82) is 0 Å². The number of fused-ring (bicyclic) bond motifs is 1. The van der Waals surface area contributed by atoms with Crippen LogP contribution in [0.4, 0.5) is 10.1 Å². The van der Waals surface area contributed by atoms with Gasteiger partial charge in [0.05, 0.1) is 24.4 Å². The number of nitrogens with zero attached hydrogens (tertiary/aromatic N) is 3. The maximum Gasteiger partial charge on any atom is 0.178 e. The van der Waals surface area contributed by atoms with E-state index in [1.54, 1.807) is 26.5 Å². The Bertz CT molecular complexity index is 796. The fraction of sp³-hybridized carbons (Fsp3) is 0.333. The van der Waals surface area contributed by atoms with E-state index in [-0.39, 0.29) is 5.82 Å². The molecule has 0 aliphatic carbocycles. The number of rotatable bonds is 8. The summed E-state index contributed by atoms with van der Waals surface area (Å²) in [6, 6.07) is 8.82. The topological polar surface area (TPSA) is 63.3 Å². The molecule has 3 rings (SSSR count). The van der Waals surface area contributed by atoms with Crippen molar-refractivity contribution in [2.24, 2.45) is 0 Å². The third-order valence-electron chi connectivity index (χ3n) is 3.95. The van der Waals surface area contributed by atoms with Crippen LogP contribution in [-0.2, 0) is 9.47 Å². The van der Waals surface area contributed by atoms with E-state index in [9.17, 15) is 4.39 Å². The lowest BCUT2D eigenvalue weighted by Crippen LogP contribution is -2.31. The van der Waals surface area contributed by atoms with Crippen LogP contribution in [0.2, 0.25) is 0 Å². The minimum Gasteiger partial charge on any atom is -0.383 e. The van der Waals surface area contributed by atoms with Crippen LogP contribution in [0.25, 0.3) is 22.6 Å². The number of nitrogens with one attached hydrogen (secondary N) is 1.